The first kappa shape index (κ1) is 9.06. The van der Waals surface area contributed by atoms with Gasteiger partial charge in [-0.15, -0.1) is 0 Å². The topological polar surface area (TPSA) is 55.1 Å². The van der Waals surface area contributed by atoms with Crippen molar-refractivity contribution in [1.29, 1.82) is 0 Å². The number of urea groups is 1. The van der Waals surface area contributed by atoms with Crippen LogP contribution in [-0.2, 0) is 6.42 Å². The molecule has 0 saturated heterocycles. The van der Waals surface area contributed by atoms with Crippen molar-refractivity contribution >= 4 is 6.03 Å². The lowest BCUT2D eigenvalue weighted by atomic mass is 10.1. The van der Waals surface area contributed by atoms with Crippen LogP contribution in [0.2, 0.25) is 0 Å². The van der Waals surface area contributed by atoms with Gasteiger partial charge < -0.3 is 11.1 Å². The van der Waals surface area contributed by atoms with E-state index in [1.54, 1.807) is 0 Å². The zero-order valence-electron chi connectivity index (χ0n) is 8.21. The molecule has 1 aromatic rings. The Labute approximate surface area is 83.3 Å². The molecule has 3 heteroatoms. The highest BCUT2D eigenvalue weighted by molar-refractivity contribution is 5.72. The molecule has 3 nitrogen and oxygen atoms in total. The van der Waals surface area contributed by atoms with Crippen LogP contribution in [0.1, 0.15) is 29.2 Å². The number of hydrogen-bond donors (Lipinski definition) is 2. The molecule has 1 unspecified atom stereocenters. The van der Waals surface area contributed by atoms with Crippen molar-refractivity contribution in [3.63, 3.8) is 0 Å². The van der Waals surface area contributed by atoms with Crippen LogP contribution in [0.5, 0.6) is 0 Å². The minimum Gasteiger partial charge on any atom is -0.352 e. The highest BCUT2D eigenvalue weighted by Gasteiger charge is 2.22. The Morgan fingerprint density at radius 1 is 1.57 bits per heavy atom. The summed E-state index contributed by atoms with van der Waals surface area (Å²) in [5, 5.41) is 2.76. The number of nitrogens with two attached hydrogens (primary N) is 1. The van der Waals surface area contributed by atoms with Gasteiger partial charge in [0.1, 0.15) is 0 Å². The molecular weight excluding hydrogens is 176 g/mol. The summed E-state index contributed by atoms with van der Waals surface area (Å²) in [7, 11) is 0. The van der Waals surface area contributed by atoms with Gasteiger partial charge in [0.05, 0.1) is 6.04 Å². The molecule has 0 radical (unpaired) electrons. The summed E-state index contributed by atoms with van der Waals surface area (Å²) < 4.78 is 0. The molecular formula is C11H14N2O. The summed E-state index contributed by atoms with van der Waals surface area (Å²) in [5.41, 5.74) is 8.90. The van der Waals surface area contributed by atoms with Gasteiger partial charge in [0.25, 0.3) is 0 Å². The summed E-state index contributed by atoms with van der Waals surface area (Å²) in [6.45, 7) is 2.06. The average Bonchev–Trinajstić information content (AvgIpc) is 2.47. The van der Waals surface area contributed by atoms with Crippen LogP contribution in [-0.4, -0.2) is 6.03 Å². The fourth-order valence-corrected chi connectivity index (χ4v) is 2.04. The molecule has 0 aliphatic heterocycles. The summed E-state index contributed by atoms with van der Waals surface area (Å²) >= 11 is 0. The summed E-state index contributed by atoms with van der Waals surface area (Å²) in [5.74, 6) is 0. The molecule has 1 atom stereocenters. The van der Waals surface area contributed by atoms with Gasteiger partial charge in [-0.2, -0.15) is 0 Å². The molecule has 14 heavy (non-hydrogen) atoms. The number of carbonyl (C=O) groups excluding carboxylic acids is 1. The van der Waals surface area contributed by atoms with Crippen molar-refractivity contribution in [3.8, 4) is 0 Å². The number of nitrogens with one attached hydrogen (secondary N) is 1. The first-order valence-electron chi connectivity index (χ1n) is 4.82. The third-order valence-corrected chi connectivity index (χ3v) is 2.70. The molecule has 1 aliphatic carbocycles. The van der Waals surface area contributed by atoms with Gasteiger partial charge in [-0.05, 0) is 30.9 Å². The molecule has 74 valence electrons. The van der Waals surface area contributed by atoms with Crippen molar-refractivity contribution in [2.45, 2.75) is 25.8 Å². The number of fused-ring (bicyclic) bond motifs is 1. The van der Waals surface area contributed by atoms with Gasteiger partial charge in [0, 0.05) is 0 Å². The summed E-state index contributed by atoms with van der Waals surface area (Å²) in [4.78, 5) is 10.8. The van der Waals surface area contributed by atoms with Crippen LogP contribution in [0.25, 0.3) is 0 Å². The molecule has 2 amide bonds. The maximum Gasteiger partial charge on any atom is 0.312 e. The first-order valence-corrected chi connectivity index (χ1v) is 4.82. The molecule has 2 rings (SSSR count). The van der Waals surface area contributed by atoms with Gasteiger partial charge in [-0.25, -0.2) is 4.79 Å². The fraction of sp³-hybridized carbons (Fsp3) is 0.364. The molecule has 0 bridgehead atoms. The Morgan fingerprint density at radius 3 is 3.07 bits per heavy atom. The number of rotatable bonds is 1. The van der Waals surface area contributed by atoms with Crippen molar-refractivity contribution in [2.75, 3.05) is 0 Å². The van der Waals surface area contributed by atoms with Gasteiger partial charge in [0.2, 0.25) is 0 Å². The lowest BCUT2D eigenvalue weighted by Crippen LogP contribution is -2.32. The monoisotopic (exact) mass is 190 g/mol. The predicted octanol–water partition coefficient (Wildman–Crippen LogP) is 1.65. The normalized spacial score (nSPS) is 19.1. The lowest BCUT2D eigenvalue weighted by Gasteiger charge is -2.12. The predicted molar refractivity (Wildman–Crippen MR) is 55.0 cm³/mol. The van der Waals surface area contributed by atoms with Gasteiger partial charge in [0.15, 0.2) is 0 Å². The second-order valence-corrected chi connectivity index (χ2v) is 3.80. The van der Waals surface area contributed by atoms with E-state index in [2.05, 4.69) is 30.4 Å². The van der Waals surface area contributed by atoms with E-state index < -0.39 is 6.03 Å². The molecule has 0 heterocycles. The molecule has 1 aliphatic rings. The Hall–Kier alpha value is -1.51. The standard InChI is InChI=1S/C11H14N2O/c1-7-2-3-8-4-5-10(9(8)6-7)13-11(12)14/h2-3,6,10H,4-5H2,1H3,(H3,12,13,14). The van der Waals surface area contributed by atoms with Crippen LogP contribution >= 0.6 is 0 Å². The van der Waals surface area contributed by atoms with E-state index in [-0.39, 0.29) is 6.04 Å². The summed E-state index contributed by atoms with van der Waals surface area (Å²) in [6.07, 6.45) is 1.99. The smallest absolute Gasteiger partial charge is 0.312 e. The Balaban J connectivity index is 2.28. The number of primary amides is 1. The minimum atomic E-state index is -0.440. The maximum atomic E-state index is 10.8. The van der Waals surface area contributed by atoms with Gasteiger partial charge in [-0.3, -0.25) is 0 Å². The Bertz CT molecular complexity index is 374. The van der Waals surface area contributed by atoms with Crippen molar-refractivity contribution < 1.29 is 4.79 Å². The highest BCUT2D eigenvalue weighted by atomic mass is 16.2. The quantitative estimate of drug-likeness (QED) is 0.695. The molecule has 0 spiro atoms. The second-order valence-electron chi connectivity index (χ2n) is 3.80. The van der Waals surface area contributed by atoms with Crippen LogP contribution in [0.3, 0.4) is 0 Å². The van der Waals surface area contributed by atoms with Crippen LogP contribution in [0.4, 0.5) is 4.79 Å². The molecule has 0 saturated carbocycles. The average molecular weight is 190 g/mol. The van der Waals surface area contributed by atoms with E-state index in [1.165, 1.54) is 16.7 Å². The SMILES string of the molecule is Cc1ccc2c(c1)C(NC(N)=O)CC2. The van der Waals surface area contributed by atoms with E-state index in [0.717, 1.165) is 12.8 Å². The number of amides is 2. The maximum absolute atomic E-state index is 10.8. The van der Waals surface area contributed by atoms with E-state index in [1.807, 2.05) is 0 Å². The van der Waals surface area contributed by atoms with Crippen molar-refractivity contribution in [3.05, 3.63) is 34.9 Å². The fourth-order valence-electron chi connectivity index (χ4n) is 2.04. The van der Waals surface area contributed by atoms with Crippen LogP contribution in [0.15, 0.2) is 18.2 Å². The third kappa shape index (κ3) is 1.58. The van der Waals surface area contributed by atoms with Crippen molar-refractivity contribution in [2.24, 2.45) is 5.73 Å². The Kier molecular flexibility index (Phi) is 2.15. The largest absolute Gasteiger partial charge is 0.352 e. The zero-order valence-corrected chi connectivity index (χ0v) is 8.21. The second kappa shape index (κ2) is 3.33. The number of carbonyl (C=O) groups is 1. The molecule has 0 fully saturated rings. The lowest BCUT2D eigenvalue weighted by molar-refractivity contribution is 0.245. The van der Waals surface area contributed by atoms with E-state index in [9.17, 15) is 4.79 Å². The van der Waals surface area contributed by atoms with E-state index in [0.29, 0.717) is 0 Å². The minimum absolute atomic E-state index is 0.113. The van der Waals surface area contributed by atoms with Crippen molar-refractivity contribution in [1.82, 2.24) is 5.32 Å². The molecule has 0 aromatic heterocycles. The van der Waals surface area contributed by atoms with Crippen LogP contribution in [0, 0.1) is 6.92 Å². The first-order chi connectivity index (χ1) is 6.66. The van der Waals surface area contributed by atoms with Crippen LogP contribution < -0.4 is 11.1 Å². The highest BCUT2D eigenvalue weighted by Crippen LogP contribution is 2.31. The van der Waals surface area contributed by atoms with E-state index >= 15 is 0 Å². The third-order valence-electron chi connectivity index (χ3n) is 2.70. The number of aryl methyl sites for hydroxylation is 2. The van der Waals surface area contributed by atoms with Gasteiger partial charge in [-0.1, -0.05) is 23.8 Å². The molecule has 3 N–H and O–H groups in total. The Morgan fingerprint density at radius 2 is 2.36 bits per heavy atom. The van der Waals surface area contributed by atoms with E-state index in [4.69, 9.17) is 5.73 Å². The molecule has 1 aromatic carbocycles. The summed E-state index contributed by atoms with van der Waals surface area (Å²) in [6, 6.07) is 6.04. The number of benzene rings is 1. The zero-order chi connectivity index (χ0) is 10.1. The van der Waals surface area contributed by atoms with Gasteiger partial charge >= 0.3 is 6.03 Å². The number of hydrogen-bond acceptors (Lipinski definition) is 1.